The minimum Gasteiger partial charge on any atom is -0.481 e. The summed E-state index contributed by atoms with van der Waals surface area (Å²) in [6, 6.07) is -0.394. The van der Waals surface area contributed by atoms with Gasteiger partial charge in [-0.3, -0.25) is 4.79 Å². The lowest BCUT2D eigenvalue weighted by molar-refractivity contribution is -0.142. The minimum atomic E-state index is -0.793. The van der Waals surface area contributed by atoms with Gasteiger partial charge in [0.1, 0.15) is 0 Å². The molecule has 5 nitrogen and oxygen atoms in total. The van der Waals surface area contributed by atoms with Crippen molar-refractivity contribution < 1.29 is 14.7 Å². The van der Waals surface area contributed by atoms with E-state index in [1.54, 1.807) is 11.9 Å². The third-order valence-corrected chi connectivity index (χ3v) is 3.63. The normalized spacial score (nSPS) is 23.8. The summed E-state index contributed by atoms with van der Waals surface area (Å²) < 4.78 is 0. The van der Waals surface area contributed by atoms with Gasteiger partial charge in [-0.05, 0) is 18.8 Å². The molecule has 19 heavy (non-hydrogen) atoms. The summed E-state index contributed by atoms with van der Waals surface area (Å²) in [7, 11) is 1.75. The highest BCUT2D eigenvalue weighted by Crippen LogP contribution is 2.24. The van der Waals surface area contributed by atoms with Crippen LogP contribution < -0.4 is 5.32 Å². The van der Waals surface area contributed by atoms with E-state index in [4.69, 9.17) is 0 Å². The lowest BCUT2D eigenvalue weighted by atomic mass is 9.95. The van der Waals surface area contributed by atoms with Gasteiger partial charge in [0, 0.05) is 19.6 Å². The van der Waals surface area contributed by atoms with E-state index < -0.39 is 11.9 Å². The number of carbonyl (C=O) groups is 2. The van der Waals surface area contributed by atoms with Gasteiger partial charge in [-0.25, -0.2) is 4.79 Å². The number of hydrogen-bond acceptors (Lipinski definition) is 2. The second kappa shape index (κ2) is 7.36. The van der Waals surface area contributed by atoms with Gasteiger partial charge in [-0.1, -0.05) is 33.1 Å². The monoisotopic (exact) mass is 270 g/mol. The topological polar surface area (TPSA) is 69.6 Å². The van der Waals surface area contributed by atoms with Crippen molar-refractivity contribution in [1.29, 1.82) is 0 Å². The first-order valence-corrected chi connectivity index (χ1v) is 7.16. The number of carbonyl (C=O) groups excluding carboxylic acids is 1. The second-order valence-electron chi connectivity index (χ2n) is 5.91. The molecule has 5 heteroatoms. The highest BCUT2D eigenvalue weighted by molar-refractivity contribution is 5.76. The summed E-state index contributed by atoms with van der Waals surface area (Å²) in [4.78, 5) is 25.0. The van der Waals surface area contributed by atoms with E-state index in [-0.39, 0.29) is 12.1 Å². The van der Waals surface area contributed by atoms with Crippen molar-refractivity contribution in [3.8, 4) is 0 Å². The Labute approximate surface area is 115 Å². The average molecular weight is 270 g/mol. The van der Waals surface area contributed by atoms with E-state index in [2.05, 4.69) is 19.2 Å². The standard InChI is InChI=1S/C14H26N2O3/c1-10(2)9-16(3)14(19)15-12-8-6-4-5-7-11(12)13(17)18/h10-12H,4-9H2,1-3H3,(H,15,19)(H,17,18). The van der Waals surface area contributed by atoms with E-state index >= 15 is 0 Å². The van der Waals surface area contributed by atoms with Gasteiger partial charge in [-0.15, -0.1) is 0 Å². The Morgan fingerprint density at radius 1 is 1.26 bits per heavy atom. The molecule has 0 bridgehead atoms. The molecule has 2 N–H and O–H groups in total. The van der Waals surface area contributed by atoms with E-state index in [0.717, 1.165) is 25.7 Å². The maximum atomic E-state index is 12.0. The largest absolute Gasteiger partial charge is 0.481 e. The number of hydrogen-bond donors (Lipinski definition) is 2. The van der Waals surface area contributed by atoms with Crippen molar-refractivity contribution in [2.45, 2.75) is 52.0 Å². The Kier molecular flexibility index (Phi) is 6.12. The molecule has 1 saturated carbocycles. The van der Waals surface area contributed by atoms with Crippen LogP contribution in [0.5, 0.6) is 0 Å². The van der Waals surface area contributed by atoms with Crippen LogP contribution >= 0.6 is 0 Å². The highest BCUT2D eigenvalue weighted by atomic mass is 16.4. The van der Waals surface area contributed by atoms with Crippen LogP contribution in [0, 0.1) is 11.8 Å². The van der Waals surface area contributed by atoms with E-state index in [9.17, 15) is 14.7 Å². The first kappa shape index (κ1) is 15.8. The molecule has 2 atom stereocenters. The Morgan fingerprint density at radius 3 is 2.47 bits per heavy atom. The molecule has 0 aromatic carbocycles. The van der Waals surface area contributed by atoms with Crippen molar-refractivity contribution in [3.05, 3.63) is 0 Å². The predicted molar refractivity (Wildman–Crippen MR) is 74.0 cm³/mol. The van der Waals surface area contributed by atoms with Crippen molar-refractivity contribution in [1.82, 2.24) is 10.2 Å². The van der Waals surface area contributed by atoms with Crippen LogP contribution in [0.1, 0.15) is 46.0 Å². The summed E-state index contributed by atoms with van der Waals surface area (Å²) in [6.45, 7) is 4.78. The summed E-state index contributed by atoms with van der Waals surface area (Å²) in [5, 5.41) is 12.2. The number of rotatable bonds is 4. The number of nitrogens with zero attached hydrogens (tertiary/aromatic N) is 1. The zero-order valence-electron chi connectivity index (χ0n) is 12.2. The van der Waals surface area contributed by atoms with Crippen molar-refractivity contribution in [3.63, 3.8) is 0 Å². The number of aliphatic carboxylic acids is 1. The van der Waals surface area contributed by atoms with Gasteiger partial charge < -0.3 is 15.3 Å². The van der Waals surface area contributed by atoms with Gasteiger partial charge in [0.25, 0.3) is 0 Å². The van der Waals surface area contributed by atoms with Crippen LogP contribution in [0.15, 0.2) is 0 Å². The minimum absolute atomic E-state index is 0.160. The van der Waals surface area contributed by atoms with E-state index in [1.165, 1.54) is 0 Å². The quantitative estimate of drug-likeness (QED) is 0.770. The molecule has 0 heterocycles. The van der Waals surface area contributed by atoms with Crippen molar-refractivity contribution in [2.24, 2.45) is 11.8 Å². The van der Waals surface area contributed by atoms with E-state index in [0.29, 0.717) is 18.9 Å². The third kappa shape index (κ3) is 5.09. The third-order valence-electron chi connectivity index (χ3n) is 3.63. The summed E-state index contributed by atoms with van der Waals surface area (Å²) >= 11 is 0. The molecule has 2 unspecified atom stereocenters. The fourth-order valence-electron chi connectivity index (χ4n) is 2.68. The van der Waals surface area contributed by atoms with Gasteiger partial charge in [0.2, 0.25) is 0 Å². The fourth-order valence-corrected chi connectivity index (χ4v) is 2.68. The summed E-state index contributed by atoms with van der Waals surface area (Å²) in [6.07, 6.45) is 4.40. The number of nitrogens with one attached hydrogen (secondary N) is 1. The van der Waals surface area contributed by atoms with Gasteiger partial charge in [0.05, 0.1) is 5.92 Å². The Hall–Kier alpha value is -1.26. The molecule has 0 aliphatic heterocycles. The van der Waals surface area contributed by atoms with Gasteiger partial charge in [0.15, 0.2) is 0 Å². The van der Waals surface area contributed by atoms with Crippen LogP contribution in [0.3, 0.4) is 0 Å². The molecular weight excluding hydrogens is 244 g/mol. The number of carboxylic acids is 1. The Balaban J connectivity index is 2.60. The van der Waals surface area contributed by atoms with Crippen LogP contribution in [0.4, 0.5) is 4.79 Å². The van der Waals surface area contributed by atoms with Gasteiger partial charge >= 0.3 is 12.0 Å². The molecule has 1 aliphatic carbocycles. The van der Waals surface area contributed by atoms with Crippen LogP contribution in [0.2, 0.25) is 0 Å². The molecule has 1 rings (SSSR count). The number of urea groups is 1. The lowest BCUT2D eigenvalue weighted by Gasteiger charge is -2.27. The van der Waals surface area contributed by atoms with Crippen molar-refractivity contribution >= 4 is 12.0 Å². The van der Waals surface area contributed by atoms with Crippen LogP contribution in [-0.2, 0) is 4.79 Å². The molecular formula is C14H26N2O3. The molecule has 1 fully saturated rings. The summed E-state index contributed by atoms with van der Waals surface area (Å²) in [5.74, 6) is -0.835. The smallest absolute Gasteiger partial charge is 0.317 e. The SMILES string of the molecule is CC(C)CN(C)C(=O)NC1CCCCCC1C(=O)O. The number of amides is 2. The lowest BCUT2D eigenvalue weighted by Crippen LogP contribution is -2.48. The van der Waals surface area contributed by atoms with Crippen LogP contribution in [0.25, 0.3) is 0 Å². The average Bonchev–Trinajstić information content (AvgIpc) is 2.53. The zero-order chi connectivity index (χ0) is 14.4. The predicted octanol–water partition coefficient (Wildman–Crippen LogP) is 2.32. The molecule has 0 radical (unpaired) electrons. The highest BCUT2D eigenvalue weighted by Gasteiger charge is 2.31. The fraction of sp³-hybridized carbons (Fsp3) is 0.857. The molecule has 0 saturated heterocycles. The molecule has 0 aromatic rings. The number of carboxylic acid groups (broad SMARTS) is 1. The van der Waals surface area contributed by atoms with Crippen molar-refractivity contribution in [2.75, 3.05) is 13.6 Å². The summed E-state index contributed by atoms with van der Waals surface area (Å²) in [5.41, 5.74) is 0. The Morgan fingerprint density at radius 2 is 1.89 bits per heavy atom. The van der Waals surface area contributed by atoms with Gasteiger partial charge in [-0.2, -0.15) is 0 Å². The molecule has 0 spiro atoms. The Bertz CT molecular complexity index is 318. The maximum absolute atomic E-state index is 12.0. The first-order valence-electron chi connectivity index (χ1n) is 7.16. The van der Waals surface area contributed by atoms with Crippen LogP contribution in [-0.4, -0.2) is 41.6 Å². The molecule has 0 aromatic heterocycles. The second-order valence-corrected chi connectivity index (χ2v) is 5.91. The zero-order valence-corrected chi connectivity index (χ0v) is 12.2. The first-order chi connectivity index (χ1) is 8.91. The molecule has 1 aliphatic rings. The maximum Gasteiger partial charge on any atom is 0.317 e. The molecule has 110 valence electrons. The molecule has 2 amide bonds. The van der Waals surface area contributed by atoms with E-state index in [1.807, 2.05) is 0 Å².